The Kier molecular flexibility index (Phi) is 4.93. The number of benzene rings is 2. The Bertz CT molecular complexity index is 916. The summed E-state index contributed by atoms with van der Waals surface area (Å²) < 4.78 is 6.33. The number of aliphatic carboxylic acids is 1. The van der Waals surface area contributed by atoms with Gasteiger partial charge >= 0.3 is 5.97 Å². The fourth-order valence-electron chi connectivity index (χ4n) is 4.19. The number of fused-ring (bicyclic) bond motifs is 1. The van der Waals surface area contributed by atoms with Gasteiger partial charge in [0.25, 0.3) is 0 Å². The Morgan fingerprint density at radius 1 is 1.17 bits per heavy atom. The molecule has 4 rings (SSSR count). The summed E-state index contributed by atoms with van der Waals surface area (Å²) in [5.74, 6) is 0.558. The van der Waals surface area contributed by atoms with Gasteiger partial charge in [-0.1, -0.05) is 26.0 Å². The molecule has 0 aromatic heterocycles. The van der Waals surface area contributed by atoms with Gasteiger partial charge in [0.15, 0.2) is 0 Å². The summed E-state index contributed by atoms with van der Waals surface area (Å²) >= 11 is 0. The van der Waals surface area contributed by atoms with E-state index >= 15 is 0 Å². The number of carboxylic acids is 1. The highest BCUT2D eigenvalue weighted by atomic mass is 16.5. The SMILES string of the molecule is CC(C)Cc1ccc2c(c1)OC(C)(C)CN2c1cccc(N2CC(C(=O)O)C2)c1. The van der Waals surface area contributed by atoms with E-state index in [9.17, 15) is 4.79 Å². The number of rotatable bonds is 5. The van der Waals surface area contributed by atoms with Gasteiger partial charge in [0.05, 0.1) is 18.2 Å². The fourth-order valence-corrected chi connectivity index (χ4v) is 4.19. The highest BCUT2D eigenvalue weighted by Gasteiger charge is 2.35. The largest absolute Gasteiger partial charge is 0.484 e. The van der Waals surface area contributed by atoms with Gasteiger partial charge in [-0.3, -0.25) is 4.79 Å². The maximum absolute atomic E-state index is 11.1. The third-order valence-electron chi connectivity index (χ3n) is 5.62. The van der Waals surface area contributed by atoms with E-state index in [4.69, 9.17) is 9.84 Å². The van der Waals surface area contributed by atoms with Crippen LogP contribution in [0, 0.1) is 11.8 Å². The Hall–Kier alpha value is -2.69. The number of hydrogen-bond donors (Lipinski definition) is 1. The lowest BCUT2D eigenvalue weighted by Crippen LogP contribution is -2.50. The predicted molar refractivity (Wildman–Crippen MR) is 116 cm³/mol. The Morgan fingerprint density at radius 3 is 2.59 bits per heavy atom. The van der Waals surface area contributed by atoms with Crippen LogP contribution in [0.1, 0.15) is 33.3 Å². The Balaban J connectivity index is 1.64. The van der Waals surface area contributed by atoms with Gasteiger partial charge in [-0.15, -0.1) is 0 Å². The van der Waals surface area contributed by atoms with Crippen LogP contribution in [0.3, 0.4) is 0 Å². The third-order valence-corrected chi connectivity index (χ3v) is 5.62. The molecule has 154 valence electrons. The molecule has 0 atom stereocenters. The quantitative estimate of drug-likeness (QED) is 0.796. The van der Waals surface area contributed by atoms with Crippen LogP contribution in [0.15, 0.2) is 42.5 Å². The van der Waals surface area contributed by atoms with Crippen molar-refractivity contribution in [3.05, 3.63) is 48.0 Å². The van der Waals surface area contributed by atoms with E-state index in [1.54, 1.807) is 0 Å². The Labute approximate surface area is 172 Å². The monoisotopic (exact) mass is 394 g/mol. The highest BCUT2D eigenvalue weighted by molar-refractivity contribution is 5.77. The molecule has 5 nitrogen and oxygen atoms in total. The summed E-state index contributed by atoms with van der Waals surface area (Å²) in [7, 11) is 0. The maximum Gasteiger partial charge on any atom is 0.310 e. The molecule has 0 unspecified atom stereocenters. The van der Waals surface area contributed by atoms with Crippen molar-refractivity contribution in [2.45, 2.75) is 39.7 Å². The van der Waals surface area contributed by atoms with E-state index < -0.39 is 5.97 Å². The van der Waals surface area contributed by atoms with E-state index in [1.165, 1.54) is 5.56 Å². The van der Waals surface area contributed by atoms with Crippen molar-refractivity contribution in [1.82, 2.24) is 0 Å². The first-order valence-corrected chi connectivity index (χ1v) is 10.4. The molecular formula is C24H30N2O3. The molecule has 29 heavy (non-hydrogen) atoms. The number of carbonyl (C=O) groups is 1. The molecule has 0 saturated carbocycles. The van der Waals surface area contributed by atoms with Gasteiger partial charge in [-0.25, -0.2) is 0 Å². The average Bonchev–Trinajstić information content (AvgIpc) is 2.58. The fraction of sp³-hybridized carbons (Fsp3) is 0.458. The molecule has 2 heterocycles. The summed E-state index contributed by atoms with van der Waals surface area (Å²) in [6, 6.07) is 14.9. The van der Waals surface area contributed by atoms with Crippen molar-refractivity contribution >= 4 is 23.0 Å². The van der Waals surface area contributed by atoms with Crippen molar-refractivity contribution in [3.8, 4) is 5.75 Å². The van der Waals surface area contributed by atoms with Crippen molar-refractivity contribution in [3.63, 3.8) is 0 Å². The topological polar surface area (TPSA) is 53.0 Å². The van der Waals surface area contributed by atoms with Crippen LogP contribution in [-0.4, -0.2) is 36.3 Å². The zero-order chi connectivity index (χ0) is 20.8. The molecule has 2 aromatic rings. The molecule has 0 radical (unpaired) electrons. The van der Waals surface area contributed by atoms with Crippen molar-refractivity contribution in [2.75, 3.05) is 29.4 Å². The van der Waals surface area contributed by atoms with Crippen LogP contribution in [0.4, 0.5) is 17.1 Å². The lowest BCUT2D eigenvalue weighted by atomic mass is 9.98. The smallest absolute Gasteiger partial charge is 0.310 e. The lowest BCUT2D eigenvalue weighted by Gasteiger charge is -2.42. The third kappa shape index (κ3) is 4.04. The summed E-state index contributed by atoms with van der Waals surface area (Å²) in [5.41, 5.74) is 4.26. The van der Waals surface area contributed by atoms with E-state index in [0.717, 1.165) is 35.8 Å². The number of nitrogens with zero attached hydrogens (tertiary/aromatic N) is 2. The standard InChI is InChI=1S/C24H30N2O3/c1-16(2)10-17-8-9-21-22(11-17)29-24(3,4)15-26(21)20-7-5-6-19(12-20)25-13-18(14-25)23(27)28/h5-9,11-12,16,18H,10,13-15H2,1-4H3,(H,27,28). The molecule has 0 aliphatic carbocycles. The van der Waals surface area contributed by atoms with Crippen LogP contribution in [-0.2, 0) is 11.2 Å². The van der Waals surface area contributed by atoms with Gasteiger partial charge in [0.2, 0.25) is 0 Å². The normalized spacial score (nSPS) is 18.2. The summed E-state index contributed by atoms with van der Waals surface area (Å²) in [6.07, 6.45) is 1.03. The van der Waals surface area contributed by atoms with Gasteiger partial charge < -0.3 is 19.6 Å². The molecule has 5 heteroatoms. The van der Waals surface area contributed by atoms with E-state index in [2.05, 4.69) is 73.9 Å². The van der Waals surface area contributed by atoms with Gasteiger partial charge in [-0.2, -0.15) is 0 Å². The van der Waals surface area contributed by atoms with Crippen LogP contribution < -0.4 is 14.5 Å². The zero-order valence-electron chi connectivity index (χ0n) is 17.7. The minimum Gasteiger partial charge on any atom is -0.484 e. The summed E-state index contributed by atoms with van der Waals surface area (Å²) in [6.45, 7) is 10.6. The van der Waals surface area contributed by atoms with Crippen LogP contribution >= 0.6 is 0 Å². The van der Waals surface area contributed by atoms with Crippen molar-refractivity contribution in [2.24, 2.45) is 11.8 Å². The minimum absolute atomic E-state index is 0.263. The number of ether oxygens (including phenoxy) is 1. The first kappa shape index (κ1) is 19.6. The molecule has 2 aliphatic rings. The maximum atomic E-state index is 11.1. The van der Waals surface area contributed by atoms with Crippen LogP contribution in [0.25, 0.3) is 0 Å². The second-order valence-electron chi connectivity index (χ2n) is 9.31. The molecule has 1 N–H and O–H groups in total. The first-order chi connectivity index (χ1) is 13.7. The molecule has 0 spiro atoms. The van der Waals surface area contributed by atoms with Gasteiger partial charge in [-0.05, 0) is 62.1 Å². The first-order valence-electron chi connectivity index (χ1n) is 10.4. The number of carboxylic acid groups (broad SMARTS) is 1. The predicted octanol–water partition coefficient (Wildman–Crippen LogP) is 4.72. The minimum atomic E-state index is -0.710. The number of anilines is 3. The second-order valence-corrected chi connectivity index (χ2v) is 9.31. The second kappa shape index (κ2) is 7.29. The van der Waals surface area contributed by atoms with E-state index in [1.807, 2.05) is 6.07 Å². The molecular weight excluding hydrogens is 364 g/mol. The molecule has 1 fully saturated rings. The summed E-state index contributed by atoms with van der Waals surface area (Å²) in [4.78, 5) is 15.6. The molecule has 2 aliphatic heterocycles. The van der Waals surface area contributed by atoms with Crippen LogP contribution in [0.2, 0.25) is 0 Å². The Morgan fingerprint density at radius 2 is 1.90 bits per heavy atom. The molecule has 1 saturated heterocycles. The zero-order valence-corrected chi connectivity index (χ0v) is 17.7. The number of hydrogen-bond acceptors (Lipinski definition) is 4. The molecule has 2 aromatic carbocycles. The van der Waals surface area contributed by atoms with E-state index in [0.29, 0.717) is 19.0 Å². The van der Waals surface area contributed by atoms with Crippen LogP contribution in [0.5, 0.6) is 5.75 Å². The molecule has 0 bridgehead atoms. The van der Waals surface area contributed by atoms with E-state index in [-0.39, 0.29) is 11.5 Å². The van der Waals surface area contributed by atoms with Gasteiger partial charge in [0.1, 0.15) is 11.4 Å². The van der Waals surface area contributed by atoms with Crippen molar-refractivity contribution in [1.29, 1.82) is 0 Å². The average molecular weight is 395 g/mol. The lowest BCUT2D eigenvalue weighted by molar-refractivity contribution is -0.142. The van der Waals surface area contributed by atoms with Gasteiger partial charge in [0, 0.05) is 24.5 Å². The van der Waals surface area contributed by atoms with Crippen molar-refractivity contribution < 1.29 is 14.6 Å². The summed E-state index contributed by atoms with van der Waals surface area (Å²) in [5, 5.41) is 9.15. The molecule has 0 amide bonds. The highest BCUT2D eigenvalue weighted by Crippen LogP contribution is 2.43.